The Hall–Kier alpha value is -3.96. The second kappa shape index (κ2) is 18.2. The standard InChI is InChI=1S/C34H42O15/c1-19(35)42-18-24-26(29(45-20(2)36)31(34(47-24)46-21(3)37)43-16-22-12-8-6-9-13-22)48-33-30(41-5)27(40-4)25(38)28(49-33)32(39)44-17-23-14-10-7-11-15-23/h6-15,24-31,33-34,38H,16-18H2,1-5H3/t24?,25-,26+,27?,28?,29?,30-,31?,33+,34?/m0/s1. The zero-order valence-corrected chi connectivity index (χ0v) is 27.8. The van der Waals surface area contributed by atoms with Crippen molar-refractivity contribution in [3.05, 3.63) is 71.8 Å². The number of rotatable bonds is 14. The van der Waals surface area contributed by atoms with E-state index in [1.54, 1.807) is 48.5 Å². The van der Waals surface area contributed by atoms with Crippen molar-refractivity contribution in [2.45, 2.75) is 95.4 Å². The quantitative estimate of drug-likeness (QED) is 0.223. The molecule has 2 aliphatic heterocycles. The number of carbonyl (C=O) groups is 4. The maximum absolute atomic E-state index is 13.3. The van der Waals surface area contributed by atoms with Crippen molar-refractivity contribution < 1.29 is 71.7 Å². The average Bonchev–Trinajstić information content (AvgIpc) is 3.07. The average molecular weight is 691 g/mol. The fourth-order valence-electron chi connectivity index (χ4n) is 5.52. The van der Waals surface area contributed by atoms with Crippen LogP contribution < -0.4 is 0 Å². The minimum absolute atomic E-state index is 0.0143. The number of ether oxygens (including phenoxy) is 10. The van der Waals surface area contributed by atoms with Gasteiger partial charge in [0, 0.05) is 35.0 Å². The van der Waals surface area contributed by atoms with Crippen LogP contribution in [0.15, 0.2) is 60.7 Å². The van der Waals surface area contributed by atoms with E-state index >= 15 is 0 Å². The SMILES string of the molecule is COC1[C@H](O)C(C(=O)OCc2ccccc2)O[C@@H](O[C@@H]2C(COC(C)=O)OC(OC(C)=O)C(OCc3ccccc3)C2OC(C)=O)[C@H]1OC. The normalized spacial score (nSPS) is 29.8. The van der Waals surface area contributed by atoms with Gasteiger partial charge in [-0.3, -0.25) is 14.4 Å². The highest BCUT2D eigenvalue weighted by molar-refractivity contribution is 5.76. The molecule has 0 saturated carbocycles. The molecule has 0 spiro atoms. The number of aliphatic hydroxyl groups excluding tert-OH is 1. The van der Waals surface area contributed by atoms with Crippen LogP contribution in [0.5, 0.6) is 0 Å². The molecule has 2 aromatic carbocycles. The van der Waals surface area contributed by atoms with E-state index in [-0.39, 0.29) is 13.2 Å². The first-order chi connectivity index (χ1) is 23.5. The molecule has 49 heavy (non-hydrogen) atoms. The summed E-state index contributed by atoms with van der Waals surface area (Å²) in [7, 11) is 2.62. The van der Waals surface area contributed by atoms with E-state index < -0.39 is 91.9 Å². The Kier molecular flexibility index (Phi) is 14.0. The lowest BCUT2D eigenvalue weighted by Crippen LogP contribution is -2.66. The largest absolute Gasteiger partial charge is 0.463 e. The Balaban J connectivity index is 1.67. The maximum atomic E-state index is 13.3. The summed E-state index contributed by atoms with van der Waals surface area (Å²) in [4.78, 5) is 49.8. The third-order valence-corrected chi connectivity index (χ3v) is 7.72. The molecule has 2 heterocycles. The number of hydrogen-bond acceptors (Lipinski definition) is 15. The van der Waals surface area contributed by atoms with E-state index in [0.29, 0.717) is 5.56 Å². The van der Waals surface area contributed by atoms with Gasteiger partial charge in [-0.2, -0.15) is 0 Å². The van der Waals surface area contributed by atoms with Crippen LogP contribution >= 0.6 is 0 Å². The molecule has 0 radical (unpaired) electrons. The van der Waals surface area contributed by atoms with E-state index in [1.807, 2.05) is 12.1 Å². The molecule has 0 aromatic heterocycles. The molecule has 4 rings (SSSR count). The number of esters is 4. The van der Waals surface area contributed by atoms with E-state index in [0.717, 1.165) is 19.4 Å². The molecule has 0 aliphatic carbocycles. The summed E-state index contributed by atoms with van der Waals surface area (Å²) in [5.41, 5.74) is 1.45. The summed E-state index contributed by atoms with van der Waals surface area (Å²) in [6, 6.07) is 17.9. The first kappa shape index (κ1) is 37.9. The van der Waals surface area contributed by atoms with Gasteiger partial charge in [0.1, 0.15) is 43.7 Å². The predicted octanol–water partition coefficient (Wildman–Crippen LogP) is 1.60. The van der Waals surface area contributed by atoms with Gasteiger partial charge in [0.15, 0.2) is 24.6 Å². The summed E-state index contributed by atoms with van der Waals surface area (Å²) < 4.78 is 57.6. The molecule has 1 N–H and O–H groups in total. The van der Waals surface area contributed by atoms with Gasteiger partial charge in [-0.15, -0.1) is 0 Å². The second-order valence-electron chi connectivity index (χ2n) is 11.3. The molecule has 6 unspecified atom stereocenters. The summed E-state index contributed by atoms with van der Waals surface area (Å²) in [6.45, 7) is 2.95. The van der Waals surface area contributed by atoms with E-state index in [2.05, 4.69) is 0 Å². The fraction of sp³-hybridized carbons (Fsp3) is 0.529. The van der Waals surface area contributed by atoms with Crippen LogP contribution in [0.1, 0.15) is 31.9 Å². The molecule has 15 nitrogen and oxygen atoms in total. The van der Waals surface area contributed by atoms with Gasteiger partial charge < -0.3 is 52.5 Å². The Bertz CT molecular complexity index is 1370. The molecule has 2 saturated heterocycles. The number of benzene rings is 2. The summed E-state index contributed by atoms with van der Waals surface area (Å²) in [5, 5.41) is 11.1. The molecular weight excluding hydrogens is 648 g/mol. The smallest absolute Gasteiger partial charge is 0.338 e. The minimum atomic E-state index is -1.60. The summed E-state index contributed by atoms with van der Waals surface area (Å²) in [6.07, 6.45) is -13.6. The van der Waals surface area contributed by atoms with Crippen LogP contribution in [0.2, 0.25) is 0 Å². The van der Waals surface area contributed by atoms with Gasteiger partial charge in [0.2, 0.25) is 6.29 Å². The van der Waals surface area contributed by atoms with E-state index in [4.69, 9.17) is 47.4 Å². The van der Waals surface area contributed by atoms with Crippen molar-refractivity contribution in [2.24, 2.45) is 0 Å². The summed E-state index contributed by atoms with van der Waals surface area (Å²) in [5.74, 6) is -3.05. The third kappa shape index (κ3) is 10.3. The monoisotopic (exact) mass is 690 g/mol. The van der Waals surface area contributed by atoms with Crippen LogP contribution in [-0.4, -0.2) is 111 Å². The van der Waals surface area contributed by atoms with Crippen molar-refractivity contribution in [1.82, 2.24) is 0 Å². The van der Waals surface area contributed by atoms with Gasteiger partial charge in [-0.05, 0) is 11.1 Å². The van der Waals surface area contributed by atoms with Gasteiger partial charge in [0.05, 0.1) is 6.61 Å². The Morgan fingerprint density at radius 3 is 1.80 bits per heavy atom. The number of carbonyl (C=O) groups excluding carboxylic acids is 4. The highest BCUT2D eigenvalue weighted by atomic mass is 16.8. The van der Waals surface area contributed by atoms with Crippen LogP contribution in [0.25, 0.3) is 0 Å². The highest BCUT2D eigenvalue weighted by Gasteiger charge is 2.56. The topological polar surface area (TPSA) is 181 Å². The first-order valence-corrected chi connectivity index (χ1v) is 15.6. The predicted molar refractivity (Wildman–Crippen MR) is 165 cm³/mol. The van der Waals surface area contributed by atoms with E-state index in [1.165, 1.54) is 21.1 Å². The second-order valence-corrected chi connectivity index (χ2v) is 11.3. The van der Waals surface area contributed by atoms with Crippen molar-refractivity contribution in [1.29, 1.82) is 0 Å². The van der Waals surface area contributed by atoms with Gasteiger partial charge >= 0.3 is 23.9 Å². The molecule has 268 valence electrons. The van der Waals surface area contributed by atoms with Gasteiger partial charge in [0.25, 0.3) is 0 Å². The van der Waals surface area contributed by atoms with Crippen molar-refractivity contribution in [3.63, 3.8) is 0 Å². The lowest BCUT2D eigenvalue weighted by atomic mass is 9.96. The van der Waals surface area contributed by atoms with Crippen LogP contribution in [0.3, 0.4) is 0 Å². The Morgan fingerprint density at radius 2 is 1.24 bits per heavy atom. The Labute approximate surface area is 283 Å². The molecule has 10 atom stereocenters. The van der Waals surface area contributed by atoms with Crippen molar-refractivity contribution in [3.8, 4) is 0 Å². The zero-order chi connectivity index (χ0) is 35.5. The molecule has 2 aromatic rings. The van der Waals surface area contributed by atoms with E-state index in [9.17, 15) is 24.3 Å². The highest BCUT2D eigenvalue weighted by Crippen LogP contribution is 2.34. The van der Waals surface area contributed by atoms with Crippen LogP contribution in [-0.2, 0) is 79.8 Å². The number of aliphatic hydroxyl groups is 1. The fourth-order valence-corrected chi connectivity index (χ4v) is 5.52. The van der Waals surface area contributed by atoms with Crippen molar-refractivity contribution >= 4 is 23.9 Å². The zero-order valence-electron chi connectivity index (χ0n) is 27.8. The Morgan fingerprint density at radius 1 is 0.653 bits per heavy atom. The lowest BCUT2D eigenvalue weighted by Gasteiger charge is -2.48. The number of methoxy groups -OCH3 is 2. The first-order valence-electron chi connectivity index (χ1n) is 15.6. The molecule has 15 heteroatoms. The molecule has 2 aliphatic rings. The molecule has 2 fully saturated rings. The molecule has 0 amide bonds. The maximum Gasteiger partial charge on any atom is 0.338 e. The van der Waals surface area contributed by atoms with Crippen molar-refractivity contribution in [2.75, 3.05) is 20.8 Å². The third-order valence-electron chi connectivity index (χ3n) is 7.72. The number of hydrogen-bond donors (Lipinski definition) is 1. The van der Waals surface area contributed by atoms with Crippen LogP contribution in [0, 0.1) is 0 Å². The lowest BCUT2D eigenvalue weighted by molar-refractivity contribution is -0.359. The van der Waals surface area contributed by atoms with Gasteiger partial charge in [-0.25, -0.2) is 4.79 Å². The van der Waals surface area contributed by atoms with Gasteiger partial charge in [-0.1, -0.05) is 60.7 Å². The minimum Gasteiger partial charge on any atom is -0.463 e. The van der Waals surface area contributed by atoms with Crippen LogP contribution in [0.4, 0.5) is 0 Å². The molecule has 0 bridgehead atoms. The summed E-state index contributed by atoms with van der Waals surface area (Å²) >= 11 is 0. The molecular formula is C34H42O15.